The number of urea groups is 1. The minimum Gasteiger partial charge on any atom is -0.378 e. The lowest BCUT2D eigenvalue weighted by Gasteiger charge is -2.30. The second-order valence-corrected chi connectivity index (χ2v) is 7.37. The number of anilines is 1. The summed E-state index contributed by atoms with van der Waals surface area (Å²) in [4.78, 5) is 28.1. The summed E-state index contributed by atoms with van der Waals surface area (Å²) < 4.78 is 0. The maximum atomic E-state index is 13.6. The molecule has 0 spiro atoms. The molecule has 1 atom stereocenters. The van der Waals surface area contributed by atoms with E-state index in [9.17, 15) is 9.59 Å². The molecule has 0 aliphatic carbocycles. The van der Waals surface area contributed by atoms with Crippen molar-refractivity contribution in [2.45, 2.75) is 6.04 Å². The number of Topliss-reactive ketones (excluding diaryl/α,β-unsaturated/α-hetero) is 1. The van der Waals surface area contributed by atoms with Gasteiger partial charge in [0.15, 0.2) is 5.78 Å². The van der Waals surface area contributed by atoms with Crippen LogP contribution in [0, 0.1) is 0 Å². The zero-order valence-electron chi connectivity index (χ0n) is 16.9. The zero-order chi connectivity index (χ0) is 21.1. The highest BCUT2D eigenvalue weighted by molar-refractivity contribution is 6.16. The maximum Gasteiger partial charge on any atom is 0.320 e. The summed E-state index contributed by atoms with van der Waals surface area (Å²) in [6, 6.07) is 25.6. The van der Waals surface area contributed by atoms with E-state index in [1.54, 1.807) is 12.1 Å². The monoisotopic (exact) mass is 397 g/mol. The van der Waals surface area contributed by atoms with E-state index in [-0.39, 0.29) is 11.8 Å². The summed E-state index contributed by atoms with van der Waals surface area (Å²) >= 11 is 0. The van der Waals surface area contributed by atoms with E-state index in [0.717, 1.165) is 16.8 Å². The van der Waals surface area contributed by atoms with Gasteiger partial charge < -0.3 is 15.5 Å². The first-order valence-electron chi connectivity index (χ1n) is 9.79. The number of carbonyl (C=O) groups is 2. The van der Waals surface area contributed by atoms with Crippen molar-refractivity contribution < 1.29 is 9.59 Å². The predicted octanol–water partition coefficient (Wildman–Crippen LogP) is 4.40. The molecule has 30 heavy (non-hydrogen) atoms. The largest absolute Gasteiger partial charge is 0.378 e. The molecular weight excluding hydrogens is 374 g/mol. The van der Waals surface area contributed by atoms with Crippen molar-refractivity contribution in [2.24, 2.45) is 0 Å². The molecule has 2 N–H and O–H groups in total. The molecular formula is C25H23N3O2. The second kappa shape index (κ2) is 8.25. The van der Waals surface area contributed by atoms with Gasteiger partial charge in [-0.15, -0.1) is 0 Å². The van der Waals surface area contributed by atoms with Gasteiger partial charge in [-0.05, 0) is 23.3 Å². The summed E-state index contributed by atoms with van der Waals surface area (Å²) in [6.07, 6.45) is 0. The number of rotatable bonds is 5. The van der Waals surface area contributed by atoms with Crippen LogP contribution in [0.3, 0.4) is 0 Å². The number of amides is 2. The molecule has 1 aliphatic rings. The fourth-order valence-electron chi connectivity index (χ4n) is 3.60. The molecule has 0 aromatic heterocycles. The van der Waals surface area contributed by atoms with Crippen LogP contribution in [-0.4, -0.2) is 25.9 Å². The highest BCUT2D eigenvalue weighted by atomic mass is 16.2. The van der Waals surface area contributed by atoms with Crippen LogP contribution >= 0.6 is 0 Å². The maximum absolute atomic E-state index is 13.6. The third-order valence-electron chi connectivity index (χ3n) is 5.16. The number of nitrogens with one attached hydrogen (secondary N) is 2. The lowest BCUT2D eigenvalue weighted by atomic mass is 9.87. The first-order valence-corrected chi connectivity index (χ1v) is 9.79. The molecule has 0 fully saturated rings. The third kappa shape index (κ3) is 3.82. The lowest BCUT2D eigenvalue weighted by molar-refractivity contribution is 0.102. The van der Waals surface area contributed by atoms with Crippen molar-refractivity contribution >= 4 is 23.2 Å². The Morgan fingerprint density at radius 1 is 0.833 bits per heavy atom. The first-order chi connectivity index (χ1) is 14.5. The summed E-state index contributed by atoms with van der Waals surface area (Å²) in [6.45, 7) is 0. The fourth-order valence-corrected chi connectivity index (χ4v) is 3.60. The lowest BCUT2D eigenvalue weighted by Crippen LogP contribution is -2.45. The smallest absolute Gasteiger partial charge is 0.320 e. The van der Waals surface area contributed by atoms with Crippen molar-refractivity contribution in [3.63, 3.8) is 0 Å². The van der Waals surface area contributed by atoms with Gasteiger partial charge in [-0.3, -0.25) is 4.79 Å². The molecule has 1 aliphatic heterocycles. The summed E-state index contributed by atoms with van der Waals surface area (Å²) in [5.74, 6) is -0.122. The minimum absolute atomic E-state index is 0.122. The topological polar surface area (TPSA) is 61.4 Å². The first kappa shape index (κ1) is 19.5. The quantitative estimate of drug-likeness (QED) is 0.628. The number of hydrogen-bond acceptors (Lipinski definition) is 3. The summed E-state index contributed by atoms with van der Waals surface area (Å²) in [5, 5.41) is 5.80. The number of hydrogen-bond donors (Lipinski definition) is 2. The number of nitrogens with zero attached hydrogens (tertiary/aromatic N) is 1. The SMILES string of the molecule is CN(C)c1ccc([C@@H]2NC(=O)NC(c3ccccc3)=C2C(=O)c2ccccc2)cc1. The predicted molar refractivity (Wildman–Crippen MR) is 119 cm³/mol. The zero-order valence-corrected chi connectivity index (χ0v) is 16.9. The highest BCUT2D eigenvalue weighted by Gasteiger charge is 2.33. The Balaban J connectivity index is 1.88. The molecule has 2 amide bonds. The molecule has 150 valence electrons. The standard InChI is InChI=1S/C25H23N3O2/c1-28(2)20-15-13-18(14-16-20)23-21(24(29)19-11-7-4-8-12-19)22(26-25(30)27-23)17-9-5-3-6-10-17/h3-16,23H,1-2H3,(H2,26,27,30)/t23-/m0/s1. The van der Waals surface area contributed by atoms with Crippen molar-refractivity contribution in [1.29, 1.82) is 0 Å². The summed E-state index contributed by atoms with van der Waals surface area (Å²) in [5.41, 5.74) is 4.32. The normalized spacial score (nSPS) is 15.9. The van der Waals surface area contributed by atoms with E-state index in [1.807, 2.05) is 91.8 Å². The Labute approximate surface area is 176 Å². The number of benzene rings is 3. The molecule has 0 bridgehead atoms. The Morgan fingerprint density at radius 3 is 2.03 bits per heavy atom. The summed E-state index contributed by atoms with van der Waals surface area (Å²) in [7, 11) is 3.94. The van der Waals surface area contributed by atoms with Gasteiger partial charge in [0.2, 0.25) is 0 Å². The fraction of sp³-hybridized carbons (Fsp3) is 0.120. The molecule has 0 saturated carbocycles. The van der Waals surface area contributed by atoms with Gasteiger partial charge in [0, 0.05) is 25.3 Å². The van der Waals surface area contributed by atoms with Gasteiger partial charge in [0.05, 0.1) is 17.3 Å². The van der Waals surface area contributed by atoms with Crippen LogP contribution < -0.4 is 15.5 Å². The highest BCUT2D eigenvalue weighted by Crippen LogP contribution is 2.34. The molecule has 0 unspecified atom stereocenters. The van der Waals surface area contributed by atoms with Gasteiger partial charge in [-0.25, -0.2) is 4.79 Å². The third-order valence-corrected chi connectivity index (χ3v) is 5.16. The van der Waals surface area contributed by atoms with Crippen LogP contribution in [0.25, 0.3) is 5.70 Å². The molecule has 5 heteroatoms. The van der Waals surface area contributed by atoms with E-state index in [1.165, 1.54) is 0 Å². The van der Waals surface area contributed by atoms with Crippen molar-refractivity contribution in [2.75, 3.05) is 19.0 Å². The average molecular weight is 397 g/mol. The van der Waals surface area contributed by atoms with E-state index < -0.39 is 6.04 Å². The van der Waals surface area contributed by atoms with Gasteiger partial charge in [0.25, 0.3) is 0 Å². The average Bonchev–Trinajstić information content (AvgIpc) is 2.79. The van der Waals surface area contributed by atoms with Crippen molar-refractivity contribution in [1.82, 2.24) is 10.6 Å². The van der Waals surface area contributed by atoms with Crippen LogP contribution in [0.4, 0.5) is 10.5 Å². The Kier molecular flexibility index (Phi) is 5.35. The molecule has 3 aromatic carbocycles. The van der Waals surface area contributed by atoms with E-state index in [4.69, 9.17) is 0 Å². The Hall–Kier alpha value is -3.86. The number of carbonyl (C=O) groups excluding carboxylic acids is 2. The van der Waals surface area contributed by atoms with Crippen LogP contribution in [0.5, 0.6) is 0 Å². The second-order valence-electron chi connectivity index (χ2n) is 7.37. The molecule has 4 rings (SSSR count). The molecule has 0 saturated heterocycles. The van der Waals surface area contributed by atoms with Gasteiger partial charge in [-0.2, -0.15) is 0 Å². The van der Waals surface area contributed by atoms with Crippen molar-refractivity contribution in [3.8, 4) is 0 Å². The van der Waals surface area contributed by atoms with Gasteiger partial charge in [0.1, 0.15) is 0 Å². The van der Waals surface area contributed by atoms with Crippen molar-refractivity contribution in [3.05, 3.63) is 107 Å². The van der Waals surface area contributed by atoms with E-state index in [2.05, 4.69) is 10.6 Å². The van der Waals surface area contributed by atoms with Crippen LogP contribution in [0.15, 0.2) is 90.5 Å². The van der Waals surface area contributed by atoms with Crippen LogP contribution in [0.2, 0.25) is 0 Å². The van der Waals surface area contributed by atoms with Gasteiger partial charge in [-0.1, -0.05) is 72.8 Å². The van der Waals surface area contributed by atoms with E-state index >= 15 is 0 Å². The Morgan fingerprint density at radius 2 is 1.43 bits per heavy atom. The van der Waals surface area contributed by atoms with Crippen LogP contribution in [-0.2, 0) is 0 Å². The number of ketones is 1. The Bertz CT molecular complexity index is 1090. The molecule has 5 nitrogen and oxygen atoms in total. The van der Waals surface area contributed by atoms with E-state index in [0.29, 0.717) is 16.8 Å². The molecule has 0 radical (unpaired) electrons. The molecule has 1 heterocycles. The van der Waals surface area contributed by atoms with Crippen LogP contribution in [0.1, 0.15) is 27.5 Å². The van der Waals surface area contributed by atoms with Gasteiger partial charge >= 0.3 is 6.03 Å². The molecule has 3 aromatic rings. The minimum atomic E-state index is -0.558.